The summed E-state index contributed by atoms with van der Waals surface area (Å²) in [6, 6.07) is 9.51. The van der Waals surface area contributed by atoms with Crippen molar-refractivity contribution >= 4 is 16.6 Å². The fourth-order valence-corrected chi connectivity index (χ4v) is 4.18. The van der Waals surface area contributed by atoms with E-state index in [0.717, 1.165) is 32.0 Å². The quantitative estimate of drug-likeness (QED) is 0.632. The second-order valence-electron chi connectivity index (χ2n) is 4.99. The van der Waals surface area contributed by atoms with Crippen molar-refractivity contribution in [2.75, 3.05) is 0 Å². The first-order valence-corrected chi connectivity index (χ1v) is 7.32. The number of ketones is 1. The van der Waals surface area contributed by atoms with Crippen LogP contribution in [0.2, 0.25) is 0 Å². The van der Waals surface area contributed by atoms with E-state index in [-0.39, 0.29) is 5.78 Å². The average molecular weight is 270 g/mol. The Morgan fingerprint density at radius 3 is 2.47 bits per heavy atom. The van der Waals surface area contributed by atoms with Crippen molar-refractivity contribution < 1.29 is 9.00 Å². The van der Waals surface area contributed by atoms with Gasteiger partial charge in [-0.15, -0.1) is 0 Å². The zero-order valence-electron chi connectivity index (χ0n) is 11.1. The second kappa shape index (κ2) is 4.14. The summed E-state index contributed by atoms with van der Waals surface area (Å²) >= 11 is 0. The van der Waals surface area contributed by atoms with Gasteiger partial charge in [0.1, 0.15) is 0 Å². The summed E-state index contributed by atoms with van der Waals surface area (Å²) in [5.74, 6) is 0.0341. The molecule has 0 spiro atoms. The van der Waals surface area contributed by atoms with Crippen LogP contribution in [0.4, 0.5) is 0 Å². The molecular formula is C16H14O2S. The largest absolute Gasteiger partial charge is 0.295 e. The highest BCUT2D eigenvalue weighted by Gasteiger charge is 2.27. The summed E-state index contributed by atoms with van der Waals surface area (Å²) in [7, 11) is -1.13. The molecule has 3 heteroatoms. The van der Waals surface area contributed by atoms with Crippen molar-refractivity contribution in [3.63, 3.8) is 0 Å². The third-order valence-corrected chi connectivity index (χ3v) is 4.98. The predicted molar refractivity (Wildman–Crippen MR) is 76.0 cm³/mol. The molecule has 0 N–H and O–H groups in total. The fourth-order valence-electron chi connectivity index (χ4n) is 2.64. The van der Waals surface area contributed by atoms with E-state index in [9.17, 15) is 9.00 Å². The zero-order chi connectivity index (χ0) is 13.7. The maximum absolute atomic E-state index is 12.5. The number of Topliss-reactive ketones (excluding diaryl/α,β-unsaturated/α-hetero) is 1. The van der Waals surface area contributed by atoms with Gasteiger partial charge in [0.05, 0.1) is 20.6 Å². The number of carbonyl (C=O) groups excluding carboxylic acids is 1. The monoisotopic (exact) mass is 270 g/mol. The molecule has 0 aliphatic carbocycles. The summed E-state index contributed by atoms with van der Waals surface area (Å²) < 4.78 is 12.5. The Morgan fingerprint density at radius 1 is 1.05 bits per heavy atom. The Kier molecular flexibility index (Phi) is 2.68. The molecule has 0 bridgehead atoms. The smallest absolute Gasteiger partial charge is 0.159 e. The minimum Gasteiger partial charge on any atom is -0.295 e. The van der Waals surface area contributed by atoms with Crippen LogP contribution in [0.3, 0.4) is 0 Å². The molecule has 1 aliphatic rings. The molecule has 0 fully saturated rings. The Labute approximate surface area is 114 Å². The molecular weight excluding hydrogens is 256 g/mol. The summed E-state index contributed by atoms with van der Waals surface area (Å²) in [4.78, 5) is 13.2. The van der Waals surface area contributed by atoms with Crippen LogP contribution in [0.1, 0.15) is 28.4 Å². The summed E-state index contributed by atoms with van der Waals surface area (Å²) in [5.41, 5.74) is 4.87. The van der Waals surface area contributed by atoms with Crippen LogP contribution in [0.5, 0.6) is 0 Å². The SMILES string of the molecule is CC(=O)c1ccc2c(c1)-c1c(C)cc(C)cc1S2=O. The predicted octanol–water partition coefficient (Wildman–Crippen LogP) is 3.65. The standard InChI is InChI=1S/C16H14O2S/c1-9-6-10(2)16-13-8-12(11(3)17)4-5-14(13)19(18)15(16)7-9/h4-8H,1-3H3. The van der Waals surface area contributed by atoms with Gasteiger partial charge in [-0.3, -0.25) is 4.79 Å². The Morgan fingerprint density at radius 2 is 1.79 bits per heavy atom. The molecule has 0 saturated carbocycles. The van der Waals surface area contributed by atoms with E-state index >= 15 is 0 Å². The van der Waals surface area contributed by atoms with E-state index in [1.165, 1.54) is 0 Å². The summed E-state index contributed by atoms with van der Waals surface area (Å²) in [5, 5.41) is 0. The first-order valence-electron chi connectivity index (χ1n) is 6.17. The maximum Gasteiger partial charge on any atom is 0.159 e. The topological polar surface area (TPSA) is 34.1 Å². The molecule has 2 nitrogen and oxygen atoms in total. The Hall–Kier alpha value is -1.74. The van der Waals surface area contributed by atoms with Crippen LogP contribution in [0.25, 0.3) is 11.1 Å². The lowest BCUT2D eigenvalue weighted by Gasteiger charge is -2.06. The highest BCUT2D eigenvalue weighted by atomic mass is 32.2. The fraction of sp³-hybridized carbons (Fsp3) is 0.188. The average Bonchev–Trinajstić information content (AvgIpc) is 2.62. The molecule has 1 heterocycles. The van der Waals surface area contributed by atoms with E-state index in [0.29, 0.717) is 5.56 Å². The highest BCUT2D eigenvalue weighted by molar-refractivity contribution is 7.85. The van der Waals surface area contributed by atoms with Gasteiger partial charge < -0.3 is 0 Å². The molecule has 96 valence electrons. The van der Waals surface area contributed by atoms with E-state index < -0.39 is 10.8 Å². The number of carbonyl (C=O) groups is 1. The molecule has 0 aromatic heterocycles. The number of fused-ring (bicyclic) bond motifs is 3. The number of hydrogen-bond donors (Lipinski definition) is 0. The Balaban J connectivity index is 2.35. The van der Waals surface area contributed by atoms with E-state index in [4.69, 9.17) is 0 Å². The number of aryl methyl sites for hydroxylation is 2. The first kappa shape index (κ1) is 12.3. The number of rotatable bonds is 1. The van der Waals surface area contributed by atoms with Crippen molar-refractivity contribution in [2.45, 2.75) is 30.6 Å². The minimum atomic E-state index is -1.13. The second-order valence-corrected chi connectivity index (χ2v) is 6.41. The van der Waals surface area contributed by atoms with Crippen LogP contribution < -0.4 is 0 Å². The minimum absolute atomic E-state index is 0.0341. The normalized spacial score (nSPS) is 16.1. The molecule has 1 unspecified atom stereocenters. The molecule has 19 heavy (non-hydrogen) atoms. The van der Waals surface area contributed by atoms with Crippen LogP contribution in [0.15, 0.2) is 40.1 Å². The summed E-state index contributed by atoms with van der Waals surface area (Å²) in [6.07, 6.45) is 0. The third-order valence-electron chi connectivity index (χ3n) is 3.50. The lowest BCUT2D eigenvalue weighted by Crippen LogP contribution is -1.93. The van der Waals surface area contributed by atoms with Crippen molar-refractivity contribution in [1.29, 1.82) is 0 Å². The van der Waals surface area contributed by atoms with Gasteiger partial charge in [-0.05, 0) is 50.1 Å². The van der Waals surface area contributed by atoms with Crippen molar-refractivity contribution in [2.24, 2.45) is 0 Å². The number of hydrogen-bond acceptors (Lipinski definition) is 2. The van der Waals surface area contributed by atoms with Gasteiger partial charge >= 0.3 is 0 Å². The van der Waals surface area contributed by atoms with Gasteiger partial charge in [0, 0.05) is 16.7 Å². The van der Waals surface area contributed by atoms with Gasteiger partial charge in [-0.1, -0.05) is 12.1 Å². The molecule has 2 aromatic carbocycles. The van der Waals surface area contributed by atoms with Gasteiger partial charge in [-0.2, -0.15) is 0 Å². The maximum atomic E-state index is 12.5. The van der Waals surface area contributed by atoms with Gasteiger partial charge in [0.25, 0.3) is 0 Å². The van der Waals surface area contributed by atoms with E-state index in [1.807, 2.05) is 32.0 Å². The first-order chi connectivity index (χ1) is 8.99. The van der Waals surface area contributed by atoms with Crippen LogP contribution in [0, 0.1) is 13.8 Å². The molecule has 0 amide bonds. The molecule has 0 radical (unpaired) electrons. The van der Waals surface area contributed by atoms with Crippen LogP contribution in [-0.2, 0) is 10.8 Å². The van der Waals surface area contributed by atoms with Crippen molar-refractivity contribution in [3.8, 4) is 11.1 Å². The third kappa shape index (κ3) is 1.77. The van der Waals surface area contributed by atoms with Gasteiger partial charge in [0.15, 0.2) is 5.78 Å². The molecule has 3 rings (SSSR count). The van der Waals surface area contributed by atoms with Crippen molar-refractivity contribution in [1.82, 2.24) is 0 Å². The Bertz CT molecular complexity index is 745. The van der Waals surface area contributed by atoms with Crippen LogP contribution >= 0.6 is 0 Å². The van der Waals surface area contributed by atoms with Gasteiger partial charge in [0.2, 0.25) is 0 Å². The highest BCUT2D eigenvalue weighted by Crippen LogP contribution is 2.43. The lowest BCUT2D eigenvalue weighted by atomic mass is 9.97. The van der Waals surface area contributed by atoms with E-state index in [2.05, 4.69) is 6.07 Å². The zero-order valence-corrected chi connectivity index (χ0v) is 11.9. The molecule has 0 saturated heterocycles. The lowest BCUT2D eigenvalue weighted by molar-refractivity contribution is 0.101. The summed E-state index contributed by atoms with van der Waals surface area (Å²) in [6.45, 7) is 5.59. The molecule has 2 aromatic rings. The number of benzene rings is 2. The molecule has 1 atom stereocenters. The van der Waals surface area contributed by atoms with Crippen LogP contribution in [-0.4, -0.2) is 9.99 Å². The van der Waals surface area contributed by atoms with Gasteiger partial charge in [-0.25, -0.2) is 4.21 Å². The van der Waals surface area contributed by atoms with Crippen molar-refractivity contribution in [3.05, 3.63) is 47.0 Å². The van der Waals surface area contributed by atoms with E-state index in [1.54, 1.807) is 13.0 Å². The molecule has 1 aliphatic heterocycles.